The zero-order valence-corrected chi connectivity index (χ0v) is 9.00. The molecule has 3 heteroatoms. The number of hydrogen-bond acceptors (Lipinski definition) is 2. The minimum atomic E-state index is 0.778. The Morgan fingerprint density at radius 1 is 0.846 bits per heavy atom. The highest BCUT2D eigenvalue weighted by atomic mass is 79.9. The van der Waals surface area contributed by atoms with Crippen LogP contribution in [0.15, 0.2) is 34.8 Å². The molecule has 0 atom stereocenters. The Bertz CT molecular complexity index is 198. The predicted molar refractivity (Wildman–Crippen MR) is 55.8 cm³/mol. The summed E-state index contributed by atoms with van der Waals surface area (Å²) >= 11 is 3.31. The van der Waals surface area contributed by atoms with Gasteiger partial charge in [0.05, 0.1) is 26.4 Å². The van der Waals surface area contributed by atoms with E-state index in [4.69, 9.17) is 9.47 Å². The lowest BCUT2D eigenvalue weighted by molar-refractivity contribution is -0.0334. The van der Waals surface area contributed by atoms with E-state index < -0.39 is 0 Å². The van der Waals surface area contributed by atoms with Gasteiger partial charge >= 0.3 is 0 Å². The normalized spacial score (nSPS) is 15.8. The lowest BCUT2D eigenvalue weighted by Gasteiger charge is -2.09. The van der Waals surface area contributed by atoms with Crippen molar-refractivity contribution in [3.05, 3.63) is 34.8 Å². The fourth-order valence-electron chi connectivity index (χ4n) is 0.854. The Morgan fingerprint density at radius 3 is 1.54 bits per heavy atom. The molecule has 0 saturated carbocycles. The van der Waals surface area contributed by atoms with Crippen molar-refractivity contribution in [1.82, 2.24) is 0 Å². The number of halogens is 1. The van der Waals surface area contributed by atoms with E-state index in [1.54, 1.807) is 0 Å². The van der Waals surface area contributed by atoms with Crippen LogP contribution in [0.4, 0.5) is 0 Å². The van der Waals surface area contributed by atoms with Crippen LogP contribution in [0.25, 0.3) is 0 Å². The van der Waals surface area contributed by atoms with Crippen LogP contribution in [-0.2, 0) is 9.47 Å². The van der Waals surface area contributed by atoms with Gasteiger partial charge in [-0.2, -0.15) is 0 Å². The summed E-state index contributed by atoms with van der Waals surface area (Å²) < 4.78 is 11.0. The summed E-state index contributed by atoms with van der Waals surface area (Å²) in [5.41, 5.74) is 0. The van der Waals surface area contributed by atoms with E-state index in [0.717, 1.165) is 30.9 Å². The van der Waals surface area contributed by atoms with E-state index in [2.05, 4.69) is 15.9 Å². The van der Waals surface area contributed by atoms with Gasteiger partial charge in [-0.25, -0.2) is 0 Å². The fraction of sp³-hybridized carbons (Fsp3) is 0.400. The highest BCUT2D eigenvalue weighted by Crippen LogP contribution is 2.05. The minimum absolute atomic E-state index is 0.778. The molecule has 0 aromatic heterocycles. The molecule has 1 aromatic carbocycles. The van der Waals surface area contributed by atoms with Crippen LogP contribution < -0.4 is 0 Å². The van der Waals surface area contributed by atoms with Gasteiger partial charge in [0.1, 0.15) is 0 Å². The van der Waals surface area contributed by atoms with Crippen molar-refractivity contribution in [3.8, 4) is 0 Å². The first-order valence-electron chi connectivity index (χ1n) is 4.25. The standard InChI is InChI=1S/C6H5Br.C4H8O2/c7-6-4-2-1-3-5-6;1-2-6-4-3-5-1/h1-5H;1-4H2. The Kier molecular flexibility index (Phi) is 5.81. The van der Waals surface area contributed by atoms with Gasteiger partial charge in [-0.05, 0) is 12.1 Å². The van der Waals surface area contributed by atoms with Crippen molar-refractivity contribution in [1.29, 1.82) is 0 Å². The van der Waals surface area contributed by atoms with Crippen molar-refractivity contribution < 1.29 is 9.47 Å². The lowest BCUT2D eigenvalue weighted by Crippen LogP contribution is -2.16. The van der Waals surface area contributed by atoms with E-state index in [0.29, 0.717) is 0 Å². The molecule has 0 unspecified atom stereocenters. The molecule has 1 heterocycles. The summed E-state index contributed by atoms with van der Waals surface area (Å²) in [4.78, 5) is 0. The third-order valence-electron chi connectivity index (χ3n) is 1.48. The van der Waals surface area contributed by atoms with Crippen LogP contribution in [0.3, 0.4) is 0 Å². The number of hydrogen-bond donors (Lipinski definition) is 0. The zero-order valence-electron chi connectivity index (χ0n) is 7.41. The SMILES string of the molecule is Brc1ccccc1.C1COCCO1. The molecule has 13 heavy (non-hydrogen) atoms. The monoisotopic (exact) mass is 244 g/mol. The molecule has 0 radical (unpaired) electrons. The molecule has 1 fully saturated rings. The predicted octanol–water partition coefficient (Wildman–Crippen LogP) is 2.48. The summed E-state index contributed by atoms with van der Waals surface area (Å²) in [7, 11) is 0. The molecule has 0 aliphatic carbocycles. The summed E-state index contributed by atoms with van der Waals surface area (Å²) in [6.45, 7) is 3.11. The van der Waals surface area contributed by atoms with Crippen molar-refractivity contribution in [2.45, 2.75) is 0 Å². The van der Waals surface area contributed by atoms with Crippen LogP contribution in [0.1, 0.15) is 0 Å². The zero-order chi connectivity index (χ0) is 9.36. The first kappa shape index (κ1) is 10.7. The van der Waals surface area contributed by atoms with Gasteiger partial charge in [-0.15, -0.1) is 0 Å². The summed E-state index contributed by atoms with van der Waals surface area (Å²) in [6.07, 6.45) is 0. The van der Waals surface area contributed by atoms with E-state index in [1.807, 2.05) is 30.3 Å². The first-order chi connectivity index (χ1) is 6.39. The number of ether oxygens (including phenoxy) is 2. The smallest absolute Gasteiger partial charge is 0.0701 e. The molecule has 0 bridgehead atoms. The Morgan fingerprint density at radius 2 is 1.31 bits per heavy atom. The summed E-state index contributed by atoms with van der Waals surface area (Å²) in [5, 5.41) is 0. The van der Waals surface area contributed by atoms with Crippen LogP contribution in [0.2, 0.25) is 0 Å². The Hall–Kier alpha value is -0.380. The molecular formula is C10H13BrO2. The molecule has 1 saturated heterocycles. The number of benzene rings is 1. The maximum absolute atomic E-state index is 4.94. The first-order valence-corrected chi connectivity index (χ1v) is 5.05. The molecular weight excluding hydrogens is 232 g/mol. The van der Waals surface area contributed by atoms with Gasteiger partial charge in [-0.1, -0.05) is 34.1 Å². The van der Waals surface area contributed by atoms with Crippen LogP contribution in [0, 0.1) is 0 Å². The average molecular weight is 245 g/mol. The second-order valence-electron chi connectivity index (χ2n) is 2.52. The van der Waals surface area contributed by atoms with Gasteiger partial charge in [-0.3, -0.25) is 0 Å². The molecule has 0 N–H and O–H groups in total. The van der Waals surface area contributed by atoms with Gasteiger partial charge in [0, 0.05) is 4.47 Å². The molecule has 0 spiro atoms. The third kappa shape index (κ3) is 5.80. The highest BCUT2D eigenvalue weighted by Gasteiger charge is 1.94. The van der Waals surface area contributed by atoms with Crippen LogP contribution in [0.5, 0.6) is 0 Å². The van der Waals surface area contributed by atoms with Crippen LogP contribution >= 0.6 is 15.9 Å². The van der Waals surface area contributed by atoms with Gasteiger partial charge in [0.25, 0.3) is 0 Å². The molecule has 1 aliphatic rings. The minimum Gasteiger partial charge on any atom is -0.377 e. The van der Waals surface area contributed by atoms with Crippen molar-refractivity contribution in [3.63, 3.8) is 0 Å². The molecule has 0 amide bonds. The molecule has 72 valence electrons. The lowest BCUT2D eigenvalue weighted by atomic mass is 10.4. The highest BCUT2D eigenvalue weighted by molar-refractivity contribution is 9.10. The third-order valence-corrected chi connectivity index (χ3v) is 2.01. The quantitative estimate of drug-likeness (QED) is 0.699. The summed E-state index contributed by atoms with van der Waals surface area (Å²) in [6, 6.07) is 9.97. The molecule has 1 aliphatic heterocycles. The van der Waals surface area contributed by atoms with E-state index in [-0.39, 0.29) is 0 Å². The van der Waals surface area contributed by atoms with Gasteiger partial charge in [0.15, 0.2) is 0 Å². The maximum Gasteiger partial charge on any atom is 0.0701 e. The topological polar surface area (TPSA) is 18.5 Å². The Balaban J connectivity index is 0.000000132. The average Bonchev–Trinajstić information content (AvgIpc) is 2.22. The second kappa shape index (κ2) is 7.06. The van der Waals surface area contributed by atoms with Crippen molar-refractivity contribution in [2.24, 2.45) is 0 Å². The van der Waals surface area contributed by atoms with Crippen LogP contribution in [-0.4, -0.2) is 26.4 Å². The largest absolute Gasteiger partial charge is 0.377 e. The van der Waals surface area contributed by atoms with Crippen molar-refractivity contribution >= 4 is 15.9 Å². The van der Waals surface area contributed by atoms with E-state index >= 15 is 0 Å². The molecule has 2 nitrogen and oxygen atoms in total. The van der Waals surface area contributed by atoms with E-state index in [1.165, 1.54) is 0 Å². The molecule has 2 rings (SSSR count). The van der Waals surface area contributed by atoms with E-state index in [9.17, 15) is 0 Å². The molecule has 1 aromatic rings. The summed E-state index contributed by atoms with van der Waals surface area (Å²) in [5.74, 6) is 0. The van der Waals surface area contributed by atoms with Gasteiger partial charge < -0.3 is 9.47 Å². The van der Waals surface area contributed by atoms with Crippen molar-refractivity contribution in [2.75, 3.05) is 26.4 Å². The second-order valence-corrected chi connectivity index (χ2v) is 3.44. The maximum atomic E-state index is 4.94. The fourth-order valence-corrected chi connectivity index (χ4v) is 1.16. The Labute approximate surface area is 87.0 Å². The number of rotatable bonds is 0. The van der Waals surface area contributed by atoms with Gasteiger partial charge in [0.2, 0.25) is 0 Å².